The lowest BCUT2D eigenvalue weighted by Crippen LogP contribution is -2.44. The van der Waals surface area contributed by atoms with Gasteiger partial charge in [-0.15, -0.1) is 0 Å². The summed E-state index contributed by atoms with van der Waals surface area (Å²) in [5.41, 5.74) is 2.60. The fourth-order valence-electron chi connectivity index (χ4n) is 4.82. The monoisotopic (exact) mass is 650 g/mol. The highest BCUT2D eigenvalue weighted by molar-refractivity contribution is 14.1. The maximum absolute atomic E-state index is 14.0. The third-order valence-corrected chi connectivity index (χ3v) is 7.23. The van der Waals surface area contributed by atoms with Gasteiger partial charge in [-0.2, -0.15) is 0 Å². The minimum absolute atomic E-state index is 0.245. The number of ether oxygens (including phenoxy) is 1. The maximum Gasteiger partial charge on any atom is 0.342 e. The molecule has 0 spiro atoms. The molecule has 2 unspecified atom stereocenters. The van der Waals surface area contributed by atoms with Crippen molar-refractivity contribution in [3.8, 4) is 0 Å². The van der Waals surface area contributed by atoms with Crippen LogP contribution in [-0.4, -0.2) is 21.3 Å². The minimum atomic E-state index is -1.27. The highest BCUT2D eigenvalue weighted by atomic mass is 127. The lowest BCUT2D eigenvalue weighted by atomic mass is 9.79. The van der Waals surface area contributed by atoms with Crippen molar-refractivity contribution in [2.45, 2.75) is 18.1 Å². The van der Waals surface area contributed by atoms with Gasteiger partial charge in [0.2, 0.25) is 5.54 Å². The average Bonchev–Trinajstić information content (AvgIpc) is 3.26. The predicted octanol–water partition coefficient (Wildman–Crippen LogP) is 7.28. The van der Waals surface area contributed by atoms with Crippen LogP contribution >= 0.6 is 38.5 Å². The summed E-state index contributed by atoms with van der Waals surface area (Å²) in [7, 11) is 0. The van der Waals surface area contributed by atoms with Gasteiger partial charge < -0.3 is 9.64 Å². The van der Waals surface area contributed by atoms with E-state index in [4.69, 9.17) is 9.73 Å². The number of amidine groups is 1. The molecule has 1 aliphatic rings. The Kier molecular flexibility index (Phi) is 7.53. The highest BCUT2D eigenvalue weighted by Gasteiger charge is 2.57. The SMILES string of the molecule is O=C(OCI)C1(c2ccccc2)N=C(c2ccc(Br)cc2)N(Cc2ccccc2)C1c1ccccc1. The van der Waals surface area contributed by atoms with Crippen LogP contribution in [0.3, 0.4) is 0 Å². The van der Waals surface area contributed by atoms with Crippen LogP contribution in [0.1, 0.15) is 28.3 Å². The number of rotatable bonds is 7. The minimum Gasteiger partial charge on any atom is -0.453 e. The Morgan fingerprint density at radius 1 is 0.861 bits per heavy atom. The first-order valence-electron chi connectivity index (χ1n) is 11.6. The van der Waals surface area contributed by atoms with Crippen LogP contribution in [0.4, 0.5) is 0 Å². The van der Waals surface area contributed by atoms with Gasteiger partial charge in [-0.3, -0.25) is 0 Å². The molecule has 1 heterocycles. The summed E-state index contributed by atoms with van der Waals surface area (Å²) in [5.74, 6) is 0.400. The summed E-state index contributed by atoms with van der Waals surface area (Å²) in [6.45, 7) is 0.585. The van der Waals surface area contributed by atoms with Crippen molar-refractivity contribution in [3.63, 3.8) is 0 Å². The number of nitrogens with zero attached hydrogens (tertiary/aromatic N) is 2. The van der Waals surface area contributed by atoms with E-state index in [-0.39, 0.29) is 10.6 Å². The molecule has 4 aromatic rings. The van der Waals surface area contributed by atoms with Crippen molar-refractivity contribution in [1.29, 1.82) is 0 Å². The second-order valence-electron chi connectivity index (χ2n) is 8.54. The number of hydrogen-bond acceptors (Lipinski definition) is 4. The zero-order valence-corrected chi connectivity index (χ0v) is 23.2. The van der Waals surface area contributed by atoms with Crippen LogP contribution in [-0.2, 0) is 21.6 Å². The molecule has 0 aromatic heterocycles. The molecule has 1 aliphatic heterocycles. The van der Waals surface area contributed by atoms with Gasteiger partial charge in [0.25, 0.3) is 0 Å². The first-order valence-corrected chi connectivity index (χ1v) is 14.0. The lowest BCUT2D eigenvalue weighted by Gasteiger charge is -2.37. The fourth-order valence-corrected chi connectivity index (χ4v) is 5.37. The molecular formula is C30H24BrIN2O2. The molecule has 0 saturated heterocycles. The van der Waals surface area contributed by atoms with E-state index in [9.17, 15) is 4.79 Å². The normalized spacial score (nSPS) is 19.1. The van der Waals surface area contributed by atoms with Gasteiger partial charge in [0.15, 0.2) is 0 Å². The van der Waals surface area contributed by atoms with Crippen molar-refractivity contribution in [2.24, 2.45) is 4.99 Å². The molecule has 36 heavy (non-hydrogen) atoms. The number of alkyl halides is 1. The summed E-state index contributed by atoms with van der Waals surface area (Å²) in [6, 6.07) is 37.9. The van der Waals surface area contributed by atoms with E-state index in [1.165, 1.54) is 0 Å². The second kappa shape index (κ2) is 11.0. The molecule has 4 nitrogen and oxygen atoms in total. The number of benzene rings is 4. The third-order valence-electron chi connectivity index (χ3n) is 6.39. The van der Waals surface area contributed by atoms with Crippen LogP contribution < -0.4 is 0 Å². The first kappa shape index (κ1) is 24.7. The number of esters is 1. The number of aliphatic imine (C=N–C) groups is 1. The summed E-state index contributed by atoms with van der Waals surface area (Å²) in [5, 5.41) is 0. The van der Waals surface area contributed by atoms with E-state index in [2.05, 4.69) is 67.7 Å². The number of carbonyl (C=O) groups excluding carboxylic acids is 1. The van der Waals surface area contributed by atoms with Crippen molar-refractivity contribution >= 4 is 50.3 Å². The first-order chi connectivity index (χ1) is 17.6. The molecule has 0 bridgehead atoms. The molecular weight excluding hydrogens is 627 g/mol. The van der Waals surface area contributed by atoms with E-state index in [0.29, 0.717) is 6.54 Å². The van der Waals surface area contributed by atoms with Gasteiger partial charge in [0, 0.05) is 16.6 Å². The van der Waals surface area contributed by atoms with Gasteiger partial charge in [-0.05, 0) is 51.4 Å². The van der Waals surface area contributed by atoms with E-state index in [1.54, 1.807) is 0 Å². The summed E-state index contributed by atoms with van der Waals surface area (Å²) >= 11 is 5.62. The zero-order chi connectivity index (χ0) is 25.0. The Labute approximate surface area is 233 Å². The Balaban J connectivity index is 1.79. The molecule has 6 heteroatoms. The van der Waals surface area contributed by atoms with Gasteiger partial charge in [0.05, 0.1) is 6.04 Å². The standard InChI is InChI=1S/C30H24BrIN2O2/c31-26-18-16-24(17-19-26)28-33-30(29(35)36-21-32,25-14-8-3-9-15-25)27(23-12-6-2-7-13-23)34(28)20-22-10-4-1-5-11-22/h1-19,27H,20-21H2. The van der Waals surface area contributed by atoms with Crippen LogP contribution in [0.25, 0.3) is 0 Å². The largest absolute Gasteiger partial charge is 0.453 e. The number of halogens is 2. The molecule has 2 atom stereocenters. The fraction of sp³-hybridized carbons (Fsp3) is 0.133. The topological polar surface area (TPSA) is 41.9 Å². The Bertz CT molecular complexity index is 1350. The van der Waals surface area contributed by atoms with Crippen molar-refractivity contribution < 1.29 is 9.53 Å². The number of carbonyl (C=O) groups is 1. The molecule has 0 fully saturated rings. The summed E-state index contributed by atoms with van der Waals surface area (Å²) in [4.78, 5) is 21.6. The van der Waals surface area contributed by atoms with Gasteiger partial charge in [0.1, 0.15) is 10.4 Å². The Morgan fingerprint density at radius 2 is 1.44 bits per heavy atom. The molecule has 0 aliphatic carbocycles. The summed E-state index contributed by atoms with van der Waals surface area (Å²) < 4.78 is 6.97. The molecule has 0 amide bonds. The van der Waals surface area contributed by atoms with Gasteiger partial charge >= 0.3 is 5.97 Å². The average molecular weight is 651 g/mol. The van der Waals surface area contributed by atoms with Crippen LogP contribution in [0.2, 0.25) is 0 Å². The molecule has 180 valence electrons. The third kappa shape index (κ3) is 4.72. The van der Waals surface area contributed by atoms with Gasteiger partial charge in [-0.25, -0.2) is 9.79 Å². The van der Waals surface area contributed by atoms with Crippen molar-refractivity contribution in [3.05, 3.63) is 142 Å². The van der Waals surface area contributed by atoms with Crippen molar-refractivity contribution in [2.75, 3.05) is 4.61 Å². The highest BCUT2D eigenvalue weighted by Crippen LogP contribution is 2.50. The number of hydrogen-bond donors (Lipinski definition) is 0. The molecule has 0 N–H and O–H groups in total. The molecule has 5 rings (SSSR count). The zero-order valence-electron chi connectivity index (χ0n) is 19.4. The van der Waals surface area contributed by atoms with Crippen LogP contribution in [0, 0.1) is 0 Å². The van der Waals surface area contributed by atoms with Crippen molar-refractivity contribution in [1.82, 2.24) is 4.90 Å². The van der Waals surface area contributed by atoms with E-state index in [1.807, 2.05) is 91.0 Å². The smallest absolute Gasteiger partial charge is 0.342 e. The van der Waals surface area contributed by atoms with E-state index >= 15 is 0 Å². The van der Waals surface area contributed by atoms with E-state index < -0.39 is 11.6 Å². The Hall–Kier alpha value is -2.97. The van der Waals surface area contributed by atoms with Crippen LogP contribution in [0.5, 0.6) is 0 Å². The summed E-state index contributed by atoms with van der Waals surface area (Å²) in [6.07, 6.45) is 0. The quantitative estimate of drug-likeness (QED) is 0.120. The second-order valence-corrected chi connectivity index (χ2v) is 10.1. The maximum atomic E-state index is 14.0. The molecule has 0 saturated carbocycles. The molecule has 0 radical (unpaired) electrons. The lowest BCUT2D eigenvalue weighted by molar-refractivity contribution is -0.149. The predicted molar refractivity (Wildman–Crippen MR) is 155 cm³/mol. The van der Waals surface area contributed by atoms with E-state index in [0.717, 1.165) is 32.6 Å². The van der Waals surface area contributed by atoms with Gasteiger partial charge in [-0.1, -0.05) is 119 Å². The molecule has 4 aromatic carbocycles. The van der Waals surface area contributed by atoms with Crippen LogP contribution in [0.15, 0.2) is 125 Å². The Morgan fingerprint density at radius 3 is 2.06 bits per heavy atom.